The van der Waals surface area contributed by atoms with E-state index in [0.29, 0.717) is 10.2 Å². The number of nitroso groups, excluding NO2 is 1. The van der Waals surface area contributed by atoms with Gasteiger partial charge in [-0.2, -0.15) is 0 Å². The molecule has 1 aromatic carbocycles. The molecule has 0 aliphatic heterocycles. The van der Waals surface area contributed by atoms with Crippen molar-refractivity contribution in [3.8, 4) is 5.75 Å². The highest BCUT2D eigenvalue weighted by molar-refractivity contribution is 9.10. The summed E-state index contributed by atoms with van der Waals surface area (Å²) in [4.78, 5) is 10.3. The number of benzene rings is 1. The number of hydrogen-bond acceptors (Lipinski definition) is 4. The van der Waals surface area contributed by atoms with E-state index in [1.165, 1.54) is 0 Å². The second kappa shape index (κ2) is 4.94. The van der Waals surface area contributed by atoms with Crippen LogP contribution in [-0.4, -0.2) is 18.3 Å². The lowest BCUT2D eigenvalue weighted by molar-refractivity contribution is 0.201. The van der Waals surface area contributed by atoms with Gasteiger partial charge in [-0.1, -0.05) is 6.07 Å². The van der Waals surface area contributed by atoms with Crippen LogP contribution >= 0.6 is 15.9 Å². The number of aliphatic hydroxyl groups is 1. The lowest BCUT2D eigenvalue weighted by atomic mass is 10.3. The molecule has 0 fully saturated rings. The summed E-state index contributed by atoms with van der Waals surface area (Å²) >= 11 is 3.21. The molecule has 0 aliphatic carbocycles. The molecule has 0 amide bonds. The maximum atomic E-state index is 10.3. The van der Waals surface area contributed by atoms with Crippen molar-refractivity contribution >= 4 is 21.6 Å². The smallest absolute Gasteiger partial charge is 0.162 e. The maximum absolute atomic E-state index is 10.3. The van der Waals surface area contributed by atoms with Crippen LogP contribution in [0.1, 0.15) is 0 Å². The first-order valence-corrected chi connectivity index (χ1v) is 4.44. The van der Waals surface area contributed by atoms with Crippen LogP contribution in [-0.2, 0) is 0 Å². The Morgan fingerprint density at radius 2 is 2.31 bits per heavy atom. The largest absolute Gasteiger partial charge is 0.488 e. The van der Waals surface area contributed by atoms with E-state index < -0.39 is 0 Å². The molecule has 0 saturated heterocycles. The van der Waals surface area contributed by atoms with Crippen molar-refractivity contribution in [3.05, 3.63) is 27.6 Å². The molecule has 0 aromatic heterocycles. The average molecular weight is 246 g/mol. The van der Waals surface area contributed by atoms with Crippen LogP contribution in [0.2, 0.25) is 0 Å². The lowest BCUT2D eigenvalue weighted by Crippen LogP contribution is -2.02. The maximum Gasteiger partial charge on any atom is 0.162 e. The summed E-state index contributed by atoms with van der Waals surface area (Å²) in [6.45, 7) is 0.0464. The van der Waals surface area contributed by atoms with Crippen LogP contribution in [0.25, 0.3) is 0 Å². The van der Waals surface area contributed by atoms with Crippen LogP contribution in [0.3, 0.4) is 0 Å². The van der Waals surface area contributed by atoms with Crippen LogP contribution in [0.5, 0.6) is 5.75 Å². The number of ether oxygens (including phenoxy) is 1. The third-order valence-electron chi connectivity index (χ3n) is 1.38. The van der Waals surface area contributed by atoms with E-state index in [-0.39, 0.29) is 18.9 Å². The molecule has 1 N–H and O–H groups in total. The van der Waals surface area contributed by atoms with Crippen LogP contribution in [0.15, 0.2) is 27.8 Å². The van der Waals surface area contributed by atoms with E-state index in [4.69, 9.17) is 9.84 Å². The van der Waals surface area contributed by atoms with Crippen LogP contribution in [0, 0.1) is 4.91 Å². The number of nitrogens with zero attached hydrogens (tertiary/aromatic N) is 1. The molecule has 13 heavy (non-hydrogen) atoms. The zero-order valence-electron chi connectivity index (χ0n) is 6.74. The van der Waals surface area contributed by atoms with Gasteiger partial charge in [0.2, 0.25) is 0 Å². The number of halogens is 1. The first-order valence-electron chi connectivity index (χ1n) is 3.65. The van der Waals surface area contributed by atoms with Crippen molar-refractivity contribution in [2.75, 3.05) is 13.2 Å². The lowest BCUT2D eigenvalue weighted by Gasteiger charge is -2.07. The summed E-state index contributed by atoms with van der Waals surface area (Å²) in [7, 11) is 0. The summed E-state index contributed by atoms with van der Waals surface area (Å²) in [6, 6.07) is 4.97. The number of rotatable bonds is 4. The van der Waals surface area contributed by atoms with Crippen molar-refractivity contribution < 1.29 is 9.84 Å². The van der Waals surface area contributed by atoms with Crippen molar-refractivity contribution in [2.24, 2.45) is 5.18 Å². The van der Waals surface area contributed by atoms with Gasteiger partial charge in [0.1, 0.15) is 6.61 Å². The Kier molecular flexibility index (Phi) is 3.85. The monoisotopic (exact) mass is 245 g/mol. The Bertz CT molecular complexity index is 303. The first kappa shape index (κ1) is 10.1. The van der Waals surface area contributed by atoms with Gasteiger partial charge in [-0.05, 0) is 33.2 Å². The first-order chi connectivity index (χ1) is 6.29. The fourth-order valence-corrected chi connectivity index (χ4v) is 1.33. The highest BCUT2D eigenvalue weighted by Crippen LogP contribution is 2.34. The minimum atomic E-state index is -0.0976. The quantitative estimate of drug-likeness (QED) is 0.828. The summed E-state index contributed by atoms with van der Waals surface area (Å²) in [5.41, 5.74) is 0.225. The minimum Gasteiger partial charge on any atom is -0.488 e. The Morgan fingerprint density at radius 3 is 2.92 bits per heavy atom. The van der Waals surface area contributed by atoms with Crippen molar-refractivity contribution in [1.82, 2.24) is 0 Å². The molecule has 0 unspecified atom stereocenters. The van der Waals surface area contributed by atoms with Gasteiger partial charge >= 0.3 is 0 Å². The average Bonchev–Trinajstić information content (AvgIpc) is 2.15. The molecule has 0 atom stereocenters. The normalized spacial score (nSPS) is 9.69. The van der Waals surface area contributed by atoms with E-state index in [1.807, 2.05) is 0 Å². The molecule has 0 bridgehead atoms. The molecule has 1 rings (SSSR count). The van der Waals surface area contributed by atoms with Gasteiger partial charge in [0, 0.05) is 0 Å². The predicted molar refractivity (Wildman–Crippen MR) is 52.2 cm³/mol. The molecule has 0 aliphatic rings. The molecule has 0 radical (unpaired) electrons. The molecule has 4 nitrogen and oxygen atoms in total. The van der Waals surface area contributed by atoms with Gasteiger partial charge in [-0.3, -0.25) is 0 Å². The highest BCUT2D eigenvalue weighted by Gasteiger charge is 2.07. The van der Waals surface area contributed by atoms with Crippen molar-refractivity contribution in [3.63, 3.8) is 0 Å². The molecule has 1 aromatic rings. The molecule has 0 spiro atoms. The topological polar surface area (TPSA) is 58.9 Å². The Balaban J connectivity index is 2.93. The fourth-order valence-electron chi connectivity index (χ4n) is 0.860. The summed E-state index contributed by atoms with van der Waals surface area (Å²) < 4.78 is 5.77. The second-order valence-corrected chi connectivity index (χ2v) is 3.11. The van der Waals surface area contributed by atoms with Gasteiger partial charge < -0.3 is 9.84 Å². The van der Waals surface area contributed by atoms with Gasteiger partial charge in [0.05, 0.1) is 11.1 Å². The van der Waals surface area contributed by atoms with Crippen LogP contribution in [0.4, 0.5) is 5.69 Å². The van der Waals surface area contributed by atoms with Gasteiger partial charge in [0.25, 0.3) is 0 Å². The summed E-state index contributed by atoms with van der Waals surface area (Å²) in [5.74, 6) is 0.367. The highest BCUT2D eigenvalue weighted by atomic mass is 79.9. The fraction of sp³-hybridized carbons (Fsp3) is 0.250. The molecule has 0 saturated carbocycles. The molecular formula is C8H8BrNO3. The Morgan fingerprint density at radius 1 is 1.54 bits per heavy atom. The zero-order valence-corrected chi connectivity index (χ0v) is 8.32. The zero-order chi connectivity index (χ0) is 9.68. The summed E-state index contributed by atoms with van der Waals surface area (Å²) in [6.07, 6.45) is 0. The number of aliphatic hydroxyl groups excluding tert-OH is 1. The standard InChI is InChI=1S/C8H8BrNO3/c9-6-2-1-3-7(10-12)8(6)13-5-4-11/h1-3,11H,4-5H2. The molecular weight excluding hydrogens is 238 g/mol. The summed E-state index contributed by atoms with van der Waals surface area (Å²) in [5, 5.41) is 11.3. The van der Waals surface area contributed by atoms with E-state index in [1.54, 1.807) is 18.2 Å². The van der Waals surface area contributed by atoms with Crippen molar-refractivity contribution in [1.29, 1.82) is 0 Å². The Hall–Kier alpha value is -0.940. The number of para-hydroxylation sites is 1. The van der Waals surface area contributed by atoms with E-state index in [9.17, 15) is 4.91 Å². The van der Waals surface area contributed by atoms with Gasteiger partial charge in [-0.25, -0.2) is 0 Å². The SMILES string of the molecule is O=Nc1cccc(Br)c1OCCO. The van der Waals surface area contributed by atoms with Gasteiger partial charge in [0.15, 0.2) is 11.4 Å². The van der Waals surface area contributed by atoms with Gasteiger partial charge in [-0.15, -0.1) is 4.91 Å². The molecule has 70 valence electrons. The van der Waals surface area contributed by atoms with E-state index in [0.717, 1.165) is 0 Å². The third kappa shape index (κ3) is 2.50. The Labute approximate surface area is 83.6 Å². The molecule has 0 heterocycles. The van der Waals surface area contributed by atoms with Crippen molar-refractivity contribution in [2.45, 2.75) is 0 Å². The molecule has 5 heteroatoms. The van der Waals surface area contributed by atoms with E-state index >= 15 is 0 Å². The van der Waals surface area contributed by atoms with Crippen LogP contribution < -0.4 is 4.74 Å². The number of hydrogen-bond donors (Lipinski definition) is 1. The second-order valence-electron chi connectivity index (χ2n) is 2.25. The van der Waals surface area contributed by atoms with E-state index in [2.05, 4.69) is 21.1 Å². The third-order valence-corrected chi connectivity index (χ3v) is 2.01. The minimum absolute atomic E-state index is 0.0976. The predicted octanol–water partition coefficient (Wildman–Crippen LogP) is 2.22.